The van der Waals surface area contributed by atoms with Gasteiger partial charge in [-0.15, -0.1) is 0 Å². The van der Waals surface area contributed by atoms with E-state index >= 15 is 0 Å². The van der Waals surface area contributed by atoms with Crippen LogP contribution in [0.4, 0.5) is 0 Å². The molecule has 1 atom stereocenters. The van der Waals surface area contributed by atoms with Crippen LogP contribution in [0.5, 0.6) is 0 Å². The molecule has 1 fully saturated rings. The van der Waals surface area contributed by atoms with E-state index in [2.05, 4.69) is 23.9 Å². The van der Waals surface area contributed by atoms with Crippen LogP contribution in [0.3, 0.4) is 0 Å². The van der Waals surface area contributed by atoms with Gasteiger partial charge in [0.25, 0.3) is 0 Å². The Morgan fingerprint density at radius 2 is 2.27 bits per heavy atom. The monoisotopic (exact) mass is 215 g/mol. The maximum Gasteiger partial charge on any atom is 0.0593 e. The maximum absolute atomic E-state index is 5.93. The van der Waals surface area contributed by atoms with Crippen LogP contribution in [-0.4, -0.2) is 68.8 Å². The lowest BCUT2D eigenvalue weighted by molar-refractivity contribution is 0.0722. The number of hydrogen-bond acceptors (Lipinski definition) is 4. The second-order valence-electron chi connectivity index (χ2n) is 4.53. The highest BCUT2D eigenvalue weighted by atomic mass is 16.5. The smallest absolute Gasteiger partial charge is 0.0593 e. The lowest BCUT2D eigenvalue weighted by Gasteiger charge is -2.37. The van der Waals surface area contributed by atoms with Crippen molar-refractivity contribution in [1.82, 2.24) is 9.80 Å². The van der Waals surface area contributed by atoms with E-state index in [9.17, 15) is 0 Å². The average molecular weight is 215 g/mol. The van der Waals surface area contributed by atoms with Crippen molar-refractivity contribution in [3.63, 3.8) is 0 Å². The molecule has 1 unspecified atom stereocenters. The Kier molecular flexibility index (Phi) is 4.99. The van der Waals surface area contributed by atoms with Crippen LogP contribution in [0.2, 0.25) is 0 Å². The molecular formula is C11H25N3O. The number of likely N-dealkylation sites (N-methyl/N-ethyl adjacent to an activating group) is 2. The Labute approximate surface area is 93.4 Å². The zero-order chi connectivity index (χ0) is 11.3. The minimum atomic E-state index is 0.172. The summed E-state index contributed by atoms with van der Waals surface area (Å²) in [6.07, 6.45) is 1.17. The minimum Gasteiger partial charge on any atom is -0.380 e. The van der Waals surface area contributed by atoms with Gasteiger partial charge in [0.2, 0.25) is 0 Å². The van der Waals surface area contributed by atoms with Gasteiger partial charge in [-0.3, -0.25) is 4.90 Å². The van der Waals surface area contributed by atoms with Crippen LogP contribution < -0.4 is 5.73 Å². The standard InChI is InChI=1S/C11H25N3O/c1-4-15-8-7-14(3)11(9-12)5-6-13(2)10-11/h4-10,12H2,1-3H3. The lowest BCUT2D eigenvalue weighted by Crippen LogP contribution is -2.54. The van der Waals surface area contributed by atoms with E-state index in [0.29, 0.717) is 0 Å². The number of nitrogens with zero attached hydrogens (tertiary/aromatic N) is 2. The quantitative estimate of drug-likeness (QED) is 0.633. The largest absolute Gasteiger partial charge is 0.380 e. The zero-order valence-electron chi connectivity index (χ0n) is 10.3. The first-order valence-electron chi connectivity index (χ1n) is 5.82. The second-order valence-corrected chi connectivity index (χ2v) is 4.53. The fourth-order valence-corrected chi connectivity index (χ4v) is 2.28. The van der Waals surface area contributed by atoms with Gasteiger partial charge in [0.1, 0.15) is 0 Å². The van der Waals surface area contributed by atoms with E-state index in [1.165, 1.54) is 6.42 Å². The first-order chi connectivity index (χ1) is 7.14. The Hall–Kier alpha value is -0.160. The van der Waals surface area contributed by atoms with E-state index in [1.54, 1.807) is 0 Å². The molecule has 0 aromatic carbocycles. The molecule has 0 saturated carbocycles. The van der Waals surface area contributed by atoms with E-state index in [0.717, 1.165) is 39.4 Å². The van der Waals surface area contributed by atoms with E-state index < -0.39 is 0 Å². The molecule has 0 spiro atoms. The molecule has 0 aliphatic carbocycles. The van der Waals surface area contributed by atoms with Crippen LogP contribution in [-0.2, 0) is 4.74 Å². The van der Waals surface area contributed by atoms with Crippen LogP contribution in [0.1, 0.15) is 13.3 Å². The zero-order valence-corrected chi connectivity index (χ0v) is 10.3. The SMILES string of the molecule is CCOCCN(C)C1(CN)CCN(C)C1. The molecule has 15 heavy (non-hydrogen) atoms. The molecule has 1 rings (SSSR count). The third-order valence-electron chi connectivity index (χ3n) is 3.49. The summed E-state index contributed by atoms with van der Waals surface area (Å²) in [6, 6.07) is 0. The third-order valence-corrected chi connectivity index (χ3v) is 3.49. The second kappa shape index (κ2) is 5.80. The van der Waals surface area contributed by atoms with Gasteiger partial charge in [-0.1, -0.05) is 0 Å². The van der Waals surface area contributed by atoms with Crippen molar-refractivity contribution in [1.29, 1.82) is 0 Å². The van der Waals surface area contributed by atoms with E-state index in [4.69, 9.17) is 10.5 Å². The Bertz CT molecular complexity index is 189. The maximum atomic E-state index is 5.93. The van der Waals surface area contributed by atoms with Crippen molar-refractivity contribution in [2.45, 2.75) is 18.9 Å². The van der Waals surface area contributed by atoms with Gasteiger partial charge in [-0.05, 0) is 34.0 Å². The predicted molar refractivity (Wildman–Crippen MR) is 63.0 cm³/mol. The first kappa shape index (κ1) is 12.9. The van der Waals surface area contributed by atoms with E-state index in [1.807, 2.05) is 6.92 Å². The molecule has 4 nitrogen and oxygen atoms in total. The molecule has 1 aliphatic rings. The van der Waals surface area contributed by atoms with Gasteiger partial charge in [-0.2, -0.15) is 0 Å². The van der Waals surface area contributed by atoms with Crippen molar-refractivity contribution in [2.75, 3.05) is 53.5 Å². The van der Waals surface area contributed by atoms with Gasteiger partial charge in [0.15, 0.2) is 0 Å². The summed E-state index contributed by atoms with van der Waals surface area (Å²) in [6.45, 7) is 7.56. The molecule has 0 aromatic heterocycles. The average Bonchev–Trinajstić information content (AvgIpc) is 2.62. The fraction of sp³-hybridized carbons (Fsp3) is 1.00. The molecule has 0 radical (unpaired) electrons. The number of likely N-dealkylation sites (tertiary alicyclic amines) is 1. The Balaban J connectivity index is 2.43. The Morgan fingerprint density at radius 3 is 2.73 bits per heavy atom. The molecule has 1 heterocycles. The van der Waals surface area contributed by atoms with Crippen LogP contribution >= 0.6 is 0 Å². The lowest BCUT2D eigenvalue weighted by atomic mass is 9.97. The minimum absolute atomic E-state index is 0.172. The summed E-state index contributed by atoms with van der Waals surface area (Å²) in [5.41, 5.74) is 6.10. The molecule has 0 amide bonds. The van der Waals surface area contributed by atoms with Crippen LogP contribution in [0, 0.1) is 0 Å². The molecule has 4 heteroatoms. The van der Waals surface area contributed by atoms with Gasteiger partial charge in [0, 0.05) is 31.8 Å². The molecule has 1 saturated heterocycles. The van der Waals surface area contributed by atoms with Crippen molar-refractivity contribution in [2.24, 2.45) is 5.73 Å². The molecule has 0 aromatic rings. The molecule has 2 N–H and O–H groups in total. The highest BCUT2D eigenvalue weighted by molar-refractivity contribution is 4.98. The molecular weight excluding hydrogens is 190 g/mol. The summed E-state index contributed by atoms with van der Waals surface area (Å²) >= 11 is 0. The summed E-state index contributed by atoms with van der Waals surface area (Å²) in [5, 5.41) is 0. The highest BCUT2D eigenvalue weighted by Crippen LogP contribution is 2.24. The highest BCUT2D eigenvalue weighted by Gasteiger charge is 2.38. The van der Waals surface area contributed by atoms with Crippen molar-refractivity contribution >= 4 is 0 Å². The fourth-order valence-electron chi connectivity index (χ4n) is 2.28. The predicted octanol–water partition coefficient (Wildman–Crippen LogP) is -0.0123. The topological polar surface area (TPSA) is 41.7 Å². The summed E-state index contributed by atoms with van der Waals surface area (Å²) in [4.78, 5) is 4.72. The number of nitrogens with two attached hydrogens (primary N) is 1. The number of hydrogen-bond donors (Lipinski definition) is 1. The van der Waals surface area contributed by atoms with Gasteiger partial charge >= 0.3 is 0 Å². The molecule has 1 aliphatic heterocycles. The first-order valence-corrected chi connectivity index (χ1v) is 5.82. The normalized spacial score (nSPS) is 27.8. The number of ether oxygens (including phenoxy) is 1. The van der Waals surface area contributed by atoms with Gasteiger partial charge in [-0.25, -0.2) is 0 Å². The van der Waals surface area contributed by atoms with Crippen molar-refractivity contribution in [3.8, 4) is 0 Å². The summed E-state index contributed by atoms with van der Waals surface area (Å²) in [7, 11) is 4.32. The van der Waals surface area contributed by atoms with E-state index in [-0.39, 0.29) is 5.54 Å². The van der Waals surface area contributed by atoms with Crippen LogP contribution in [0.15, 0.2) is 0 Å². The van der Waals surface area contributed by atoms with Crippen molar-refractivity contribution in [3.05, 3.63) is 0 Å². The summed E-state index contributed by atoms with van der Waals surface area (Å²) < 4.78 is 5.38. The van der Waals surface area contributed by atoms with Crippen molar-refractivity contribution < 1.29 is 4.74 Å². The molecule has 90 valence electrons. The van der Waals surface area contributed by atoms with Gasteiger partial charge in [0.05, 0.1) is 6.61 Å². The molecule has 0 bridgehead atoms. The Morgan fingerprint density at radius 1 is 1.53 bits per heavy atom. The van der Waals surface area contributed by atoms with Crippen LogP contribution in [0.25, 0.3) is 0 Å². The van der Waals surface area contributed by atoms with Gasteiger partial charge < -0.3 is 15.4 Å². The number of rotatable bonds is 6. The third kappa shape index (κ3) is 3.14. The summed E-state index contributed by atoms with van der Waals surface area (Å²) in [5.74, 6) is 0.